The molecule has 1 aliphatic heterocycles. The van der Waals surface area contributed by atoms with Gasteiger partial charge in [0.25, 0.3) is 0 Å². The van der Waals surface area contributed by atoms with Gasteiger partial charge in [0, 0.05) is 13.6 Å². The maximum Gasteiger partial charge on any atom is 0.241 e. The van der Waals surface area contributed by atoms with Gasteiger partial charge >= 0.3 is 0 Å². The second-order valence-corrected chi connectivity index (χ2v) is 4.68. The molecule has 4 heteroatoms. The quantitative estimate of drug-likeness (QED) is 0.853. The molecule has 0 radical (unpaired) electrons. The fraction of sp³-hybridized carbons (Fsp3) is 0.462. The average molecular weight is 231 g/mol. The highest BCUT2D eigenvalue weighted by Crippen LogP contribution is 2.26. The van der Waals surface area contributed by atoms with Gasteiger partial charge in [0.2, 0.25) is 5.88 Å². The molecular weight excluding hydrogens is 214 g/mol. The third-order valence-electron chi connectivity index (χ3n) is 3.27. The van der Waals surface area contributed by atoms with Crippen molar-refractivity contribution >= 4 is 10.9 Å². The van der Waals surface area contributed by atoms with E-state index in [0.717, 1.165) is 36.3 Å². The zero-order chi connectivity index (χ0) is 11.8. The number of hydrogen-bond donors (Lipinski definition) is 1. The molecule has 90 valence electrons. The number of nitrogens with one attached hydrogen (secondary N) is 1. The molecule has 1 N–H and O–H groups in total. The van der Waals surface area contributed by atoms with Crippen molar-refractivity contribution in [3.63, 3.8) is 0 Å². The van der Waals surface area contributed by atoms with Gasteiger partial charge in [-0.05, 0) is 37.6 Å². The zero-order valence-electron chi connectivity index (χ0n) is 10.2. The summed E-state index contributed by atoms with van der Waals surface area (Å²) >= 11 is 0. The highest BCUT2D eigenvalue weighted by Gasteiger charge is 2.19. The minimum absolute atomic E-state index is 0.259. The Labute approximate surface area is 101 Å². The van der Waals surface area contributed by atoms with E-state index in [0.29, 0.717) is 0 Å². The van der Waals surface area contributed by atoms with Crippen LogP contribution in [0.2, 0.25) is 0 Å². The molecule has 0 spiro atoms. The molecule has 17 heavy (non-hydrogen) atoms. The molecule has 1 aliphatic rings. The summed E-state index contributed by atoms with van der Waals surface area (Å²) in [6.45, 7) is 4.05. The fourth-order valence-electron chi connectivity index (χ4n) is 2.31. The summed E-state index contributed by atoms with van der Waals surface area (Å²) in [5, 5.41) is 8.86. The van der Waals surface area contributed by atoms with Crippen LogP contribution in [0.5, 0.6) is 5.88 Å². The molecule has 0 bridgehead atoms. The maximum absolute atomic E-state index is 5.95. The van der Waals surface area contributed by atoms with Gasteiger partial charge < -0.3 is 10.1 Å². The molecule has 1 aromatic heterocycles. The second kappa shape index (κ2) is 4.04. The van der Waals surface area contributed by atoms with Gasteiger partial charge in [0.15, 0.2) is 0 Å². The van der Waals surface area contributed by atoms with E-state index in [4.69, 9.17) is 4.74 Å². The van der Waals surface area contributed by atoms with Gasteiger partial charge in [-0.2, -0.15) is 0 Å². The van der Waals surface area contributed by atoms with Crippen molar-refractivity contribution in [3.05, 3.63) is 23.8 Å². The lowest BCUT2D eigenvalue weighted by Crippen LogP contribution is -2.19. The molecule has 4 nitrogen and oxygen atoms in total. The van der Waals surface area contributed by atoms with Crippen LogP contribution < -0.4 is 10.1 Å². The highest BCUT2D eigenvalue weighted by molar-refractivity contribution is 5.85. The van der Waals surface area contributed by atoms with E-state index >= 15 is 0 Å². The standard InChI is InChI=1S/C13H17N3O/c1-9-3-4-11-12(7-9)16(2)15-13(11)17-10-5-6-14-8-10/h3-4,7,10,14H,5-6,8H2,1-2H3. The molecular formula is C13H17N3O. The molecule has 2 heterocycles. The van der Waals surface area contributed by atoms with Crippen LogP contribution in [-0.4, -0.2) is 29.0 Å². The van der Waals surface area contributed by atoms with Crippen molar-refractivity contribution in [1.82, 2.24) is 15.1 Å². The van der Waals surface area contributed by atoms with E-state index in [9.17, 15) is 0 Å². The Morgan fingerprint density at radius 2 is 2.35 bits per heavy atom. The van der Waals surface area contributed by atoms with Crippen molar-refractivity contribution in [2.75, 3.05) is 13.1 Å². The first-order valence-corrected chi connectivity index (χ1v) is 6.05. The lowest BCUT2D eigenvalue weighted by atomic mass is 10.2. The van der Waals surface area contributed by atoms with E-state index in [1.54, 1.807) is 0 Å². The number of nitrogens with zero attached hydrogens (tertiary/aromatic N) is 2. The Kier molecular flexibility index (Phi) is 2.52. The van der Waals surface area contributed by atoms with Crippen LogP contribution in [0.15, 0.2) is 18.2 Å². The van der Waals surface area contributed by atoms with Crippen molar-refractivity contribution in [3.8, 4) is 5.88 Å². The monoisotopic (exact) mass is 231 g/mol. The Bertz CT molecular complexity index is 541. The first kappa shape index (κ1) is 10.6. The predicted octanol–water partition coefficient (Wildman–Crippen LogP) is 1.62. The number of ether oxygens (including phenoxy) is 1. The van der Waals surface area contributed by atoms with Gasteiger partial charge in [-0.1, -0.05) is 6.07 Å². The number of aryl methyl sites for hydroxylation is 2. The second-order valence-electron chi connectivity index (χ2n) is 4.68. The van der Waals surface area contributed by atoms with Crippen LogP contribution in [0.3, 0.4) is 0 Å². The van der Waals surface area contributed by atoms with Crippen molar-refractivity contribution in [2.45, 2.75) is 19.4 Å². The van der Waals surface area contributed by atoms with Gasteiger partial charge in [-0.15, -0.1) is 5.10 Å². The predicted molar refractivity (Wildman–Crippen MR) is 67.4 cm³/mol. The van der Waals surface area contributed by atoms with E-state index in [2.05, 4.69) is 35.5 Å². The van der Waals surface area contributed by atoms with Gasteiger partial charge in [-0.25, -0.2) is 0 Å². The third-order valence-corrected chi connectivity index (χ3v) is 3.27. The van der Waals surface area contributed by atoms with Crippen molar-refractivity contribution < 1.29 is 4.74 Å². The fourth-order valence-corrected chi connectivity index (χ4v) is 2.31. The summed E-state index contributed by atoms with van der Waals surface area (Å²) in [6.07, 6.45) is 1.32. The molecule has 3 rings (SSSR count). The zero-order valence-corrected chi connectivity index (χ0v) is 10.2. The largest absolute Gasteiger partial charge is 0.471 e. The topological polar surface area (TPSA) is 39.1 Å². The summed E-state index contributed by atoms with van der Waals surface area (Å²) in [6, 6.07) is 6.33. The molecule has 0 amide bonds. The average Bonchev–Trinajstić information content (AvgIpc) is 2.89. The van der Waals surface area contributed by atoms with Crippen LogP contribution in [0, 0.1) is 6.92 Å². The van der Waals surface area contributed by atoms with Crippen molar-refractivity contribution in [2.24, 2.45) is 7.05 Å². The first-order valence-electron chi connectivity index (χ1n) is 6.05. The summed E-state index contributed by atoms with van der Waals surface area (Å²) in [7, 11) is 1.96. The van der Waals surface area contributed by atoms with E-state index in [-0.39, 0.29) is 6.10 Å². The Morgan fingerprint density at radius 1 is 1.47 bits per heavy atom. The molecule has 0 saturated carbocycles. The lowest BCUT2D eigenvalue weighted by molar-refractivity contribution is 0.215. The Morgan fingerprint density at radius 3 is 3.12 bits per heavy atom. The minimum atomic E-state index is 0.259. The number of hydrogen-bond acceptors (Lipinski definition) is 3. The smallest absolute Gasteiger partial charge is 0.241 e. The normalized spacial score (nSPS) is 20.0. The first-order chi connectivity index (χ1) is 8.24. The number of fused-ring (bicyclic) bond motifs is 1. The third kappa shape index (κ3) is 1.89. The van der Waals surface area contributed by atoms with Crippen LogP contribution in [0.4, 0.5) is 0 Å². The molecule has 1 unspecified atom stereocenters. The van der Waals surface area contributed by atoms with Crippen molar-refractivity contribution in [1.29, 1.82) is 0 Å². The van der Waals surface area contributed by atoms with Gasteiger partial charge in [0.05, 0.1) is 10.9 Å². The van der Waals surface area contributed by atoms with Crippen LogP contribution >= 0.6 is 0 Å². The summed E-state index contributed by atoms with van der Waals surface area (Å²) < 4.78 is 7.84. The molecule has 0 aliphatic carbocycles. The Balaban J connectivity index is 1.98. The number of aromatic nitrogens is 2. The Hall–Kier alpha value is -1.55. The SMILES string of the molecule is Cc1ccc2c(OC3CCNC3)nn(C)c2c1. The summed E-state index contributed by atoms with van der Waals surface area (Å²) in [4.78, 5) is 0. The maximum atomic E-state index is 5.95. The number of benzene rings is 1. The van der Waals surface area contributed by atoms with Gasteiger partial charge in [-0.3, -0.25) is 4.68 Å². The van der Waals surface area contributed by atoms with Crippen LogP contribution in [0.25, 0.3) is 10.9 Å². The van der Waals surface area contributed by atoms with E-state index in [1.807, 2.05) is 11.7 Å². The van der Waals surface area contributed by atoms with E-state index in [1.165, 1.54) is 5.56 Å². The summed E-state index contributed by atoms with van der Waals surface area (Å²) in [5.74, 6) is 0.760. The van der Waals surface area contributed by atoms with Crippen LogP contribution in [0.1, 0.15) is 12.0 Å². The molecule has 1 atom stereocenters. The lowest BCUT2D eigenvalue weighted by Gasteiger charge is -2.09. The molecule has 1 saturated heterocycles. The number of rotatable bonds is 2. The van der Waals surface area contributed by atoms with Crippen LogP contribution in [-0.2, 0) is 7.05 Å². The molecule has 1 fully saturated rings. The molecule has 1 aromatic carbocycles. The summed E-state index contributed by atoms with van der Waals surface area (Å²) in [5.41, 5.74) is 2.38. The minimum Gasteiger partial charge on any atom is -0.471 e. The van der Waals surface area contributed by atoms with Gasteiger partial charge in [0.1, 0.15) is 6.10 Å². The van der Waals surface area contributed by atoms with E-state index < -0.39 is 0 Å². The molecule has 2 aromatic rings. The highest BCUT2D eigenvalue weighted by atomic mass is 16.5.